The fourth-order valence-corrected chi connectivity index (χ4v) is 1.71. The topological polar surface area (TPSA) is 64.4 Å². The van der Waals surface area contributed by atoms with Gasteiger partial charge in [0, 0.05) is 12.1 Å². The predicted molar refractivity (Wildman–Crippen MR) is 65.6 cm³/mol. The van der Waals surface area contributed by atoms with E-state index < -0.39 is 5.97 Å². The number of hydrogen-bond acceptors (Lipinski definition) is 3. The van der Waals surface area contributed by atoms with Crippen LogP contribution in [0.5, 0.6) is 5.75 Å². The first-order chi connectivity index (χ1) is 9.11. The second kappa shape index (κ2) is 5.51. The molecule has 0 saturated heterocycles. The zero-order valence-electron chi connectivity index (χ0n) is 10.3. The Kier molecular flexibility index (Phi) is 3.79. The SMILES string of the molecule is CCn1ncc(COc2ccc(F)cc2)c1C(=O)O. The standard InChI is InChI=1S/C13H13FN2O3/c1-2-16-12(13(17)18)9(7-15-16)8-19-11-5-3-10(14)4-6-11/h3-7H,2,8H2,1H3,(H,17,18). The molecule has 0 unspecified atom stereocenters. The summed E-state index contributed by atoms with van der Waals surface area (Å²) in [5, 5.41) is 13.1. The van der Waals surface area contributed by atoms with Gasteiger partial charge < -0.3 is 9.84 Å². The van der Waals surface area contributed by atoms with Crippen LogP contribution in [0.25, 0.3) is 0 Å². The Morgan fingerprint density at radius 3 is 2.68 bits per heavy atom. The molecular weight excluding hydrogens is 251 g/mol. The molecule has 0 atom stereocenters. The van der Waals surface area contributed by atoms with Crippen LogP contribution in [0, 0.1) is 5.82 Å². The Morgan fingerprint density at radius 2 is 2.11 bits per heavy atom. The summed E-state index contributed by atoms with van der Waals surface area (Å²) < 4.78 is 19.5. The molecule has 0 aliphatic carbocycles. The van der Waals surface area contributed by atoms with Crippen molar-refractivity contribution >= 4 is 5.97 Å². The fraction of sp³-hybridized carbons (Fsp3) is 0.231. The van der Waals surface area contributed by atoms with Crippen molar-refractivity contribution in [1.82, 2.24) is 9.78 Å². The maximum absolute atomic E-state index is 12.7. The van der Waals surface area contributed by atoms with E-state index >= 15 is 0 Å². The molecule has 0 spiro atoms. The van der Waals surface area contributed by atoms with Crippen LogP contribution in [0.4, 0.5) is 4.39 Å². The van der Waals surface area contributed by atoms with Gasteiger partial charge >= 0.3 is 5.97 Å². The smallest absolute Gasteiger partial charge is 0.354 e. The lowest BCUT2D eigenvalue weighted by atomic mass is 10.2. The number of carboxylic acid groups (broad SMARTS) is 1. The van der Waals surface area contributed by atoms with E-state index in [1.165, 1.54) is 35.1 Å². The van der Waals surface area contributed by atoms with Crippen molar-refractivity contribution in [2.75, 3.05) is 0 Å². The molecule has 0 aliphatic rings. The molecule has 5 nitrogen and oxygen atoms in total. The average molecular weight is 264 g/mol. The number of ether oxygens (including phenoxy) is 1. The fourth-order valence-electron chi connectivity index (χ4n) is 1.71. The highest BCUT2D eigenvalue weighted by molar-refractivity contribution is 5.87. The predicted octanol–water partition coefficient (Wildman–Crippen LogP) is 2.32. The van der Waals surface area contributed by atoms with Crippen LogP contribution < -0.4 is 4.74 Å². The van der Waals surface area contributed by atoms with Crippen molar-refractivity contribution in [3.8, 4) is 5.75 Å². The second-order valence-electron chi connectivity index (χ2n) is 3.88. The van der Waals surface area contributed by atoms with Crippen LogP contribution in [-0.4, -0.2) is 20.9 Å². The number of nitrogens with zero attached hydrogens (tertiary/aromatic N) is 2. The summed E-state index contributed by atoms with van der Waals surface area (Å²) in [6, 6.07) is 5.53. The highest BCUT2D eigenvalue weighted by Gasteiger charge is 2.17. The van der Waals surface area contributed by atoms with Crippen LogP contribution in [0.3, 0.4) is 0 Å². The number of hydrogen-bond donors (Lipinski definition) is 1. The molecule has 0 fully saturated rings. The third-order valence-corrected chi connectivity index (χ3v) is 2.63. The lowest BCUT2D eigenvalue weighted by molar-refractivity contribution is 0.0680. The van der Waals surface area contributed by atoms with Gasteiger partial charge in [-0.05, 0) is 31.2 Å². The first kappa shape index (κ1) is 13.1. The molecule has 0 aliphatic heterocycles. The zero-order chi connectivity index (χ0) is 13.8. The molecule has 1 heterocycles. The Hall–Kier alpha value is -2.37. The second-order valence-corrected chi connectivity index (χ2v) is 3.88. The minimum atomic E-state index is -1.04. The summed E-state index contributed by atoms with van der Waals surface area (Å²) in [5.74, 6) is -0.920. The van der Waals surface area contributed by atoms with E-state index in [4.69, 9.17) is 9.84 Å². The van der Waals surface area contributed by atoms with E-state index in [1.54, 1.807) is 0 Å². The van der Waals surface area contributed by atoms with Gasteiger partial charge in [0.1, 0.15) is 18.2 Å². The van der Waals surface area contributed by atoms with Gasteiger partial charge in [-0.1, -0.05) is 0 Å². The van der Waals surface area contributed by atoms with Gasteiger partial charge in [0.15, 0.2) is 5.69 Å². The summed E-state index contributed by atoms with van der Waals surface area (Å²) in [7, 11) is 0. The monoisotopic (exact) mass is 264 g/mol. The molecule has 0 bridgehead atoms. The summed E-state index contributed by atoms with van der Waals surface area (Å²) in [6.07, 6.45) is 1.47. The molecule has 1 N–H and O–H groups in total. The molecule has 1 aromatic carbocycles. The number of aromatic nitrogens is 2. The Balaban J connectivity index is 2.13. The van der Waals surface area contributed by atoms with Crippen LogP contribution in [0.1, 0.15) is 23.0 Å². The molecule has 6 heteroatoms. The van der Waals surface area contributed by atoms with E-state index in [9.17, 15) is 9.18 Å². The molecule has 2 rings (SSSR count). The van der Waals surface area contributed by atoms with E-state index in [0.717, 1.165) is 0 Å². The first-order valence-corrected chi connectivity index (χ1v) is 5.78. The number of benzene rings is 1. The normalized spacial score (nSPS) is 10.4. The van der Waals surface area contributed by atoms with Crippen molar-refractivity contribution in [2.45, 2.75) is 20.1 Å². The van der Waals surface area contributed by atoms with E-state index in [0.29, 0.717) is 17.9 Å². The Bertz CT molecular complexity index is 578. The Labute approximate surface area is 109 Å². The molecule has 2 aromatic rings. The van der Waals surface area contributed by atoms with Gasteiger partial charge in [-0.15, -0.1) is 0 Å². The van der Waals surface area contributed by atoms with Crippen molar-refractivity contribution < 1.29 is 19.0 Å². The van der Waals surface area contributed by atoms with Crippen LogP contribution >= 0.6 is 0 Å². The molecule has 19 heavy (non-hydrogen) atoms. The van der Waals surface area contributed by atoms with Crippen LogP contribution in [0.15, 0.2) is 30.5 Å². The Morgan fingerprint density at radius 1 is 1.42 bits per heavy atom. The third kappa shape index (κ3) is 2.90. The van der Waals surface area contributed by atoms with Gasteiger partial charge in [-0.3, -0.25) is 4.68 Å². The highest BCUT2D eigenvalue weighted by Crippen LogP contribution is 2.15. The third-order valence-electron chi connectivity index (χ3n) is 2.63. The number of carboxylic acids is 1. The lowest BCUT2D eigenvalue weighted by Crippen LogP contribution is -2.11. The van der Waals surface area contributed by atoms with Gasteiger partial charge in [-0.25, -0.2) is 9.18 Å². The van der Waals surface area contributed by atoms with Gasteiger partial charge in [-0.2, -0.15) is 5.10 Å². The summed E-state index contributed by atoms with van der Waals surface area (Å²) in [4.78, 5) is 11.2. The molecule has 0 amide bonds. The largest absolute Gasteiger partial charge is 0.489 e. The maximum atomic E-state index is 12.7. The molecule has 100 valence electrons. The molecule has 1 aromatic heterocycles. The van der Waals surface area contributed by atoms with Crippen molar-refractivity contribution in [2.24, 2.45) is 0 Å². The summed E-state index contributed by atoms with van der Waals surface area (Å²) in [6.45, 7) is 2.36. The number of rotatable bonds is 5. The minimum absolute atomic E-state index is 0.0767. The van der Waals surface area contributed by atoms with Crippen molar-refractivity contribution in [3.63, 3.8) is 0 Å². The minimum Gasteiger partial charge on any atom is -0.489 e. The van der Waals surface area contributed by atoms with E-state index in [1.807, 2.05) is 6.92 Å². The van der Waals surface area contributed by atoms with Gasteiger partial charge in [0.2, 0.25) is 0 Å². The average Bonchev–Trinajstić information content (AvgIpc) is 2.81. The van der Waals surface area contributed by atoms with Crippen LogP contribution in [-0.2, 0) is 13.2 Å². The first-order valence-electron chi connectivity index (χ1n) is 5.78. The quantitative estimate of drug-likeness (QED) is 0.900. The lowest BCUT2D eigenvalue weighted by Gasteiger charge is -2.06. The summed E-state index contributed by atoms with van der Waals surface area (Å²) >= 11 is 0. The number of aromatic carboxylic acids is 1. The van der Waals surface area contributed by atoms with Crippen LogP contribution in [0.2, 0.25) is 0 Å². The molecular formula is C13H13FN2O3. The number of carbonyl (C=O) groups is 1. The van der Waals surface area contributed by atoms with Crippen molar-refractivity contribution in [3.05, 3.63) is 47.5 Å². The number of aryl methyl sites for hydroxylation is 1. The van der Waals surface area contributed by atoms with Gasteiger partial charge in [0.25, 0.3) is 0 Å². The summed E-state index contributed by atoms with van der Waals surface area (Å²) in [5.41, 5.74) is 0.600. The molecule has 0 radical (unpaired) electrons. The molecule has 0 saturated carbocycles. The zero-order valence-corrected chi connectivity index (χ0v) is 10.3. The number of halogens is 1. The highest BCUT2D eigenvalue weighted by atomic mass is 19.1. The van der Waals surface area contributed by atoms with E-state index in [-0.39, 0.29) is 18.1 Å². The van der Waals surface area contributed by atoms with E-state index in [2.05, 4.69) is 5.10 Å². The maximum Gasteiger partial charge on any atom is 0.354 e. The van der Waals surface area contributed by atoms with Gasteiger partial charge in [0.05, 0.1) is 6.20 Å². The van der Waals surface area contributed by atoms with Crippen molar-refractivity contribution in [1.29, 1.82) is 0 Å².